The average Bonchev–Trinajstić information content (AvgIpc) is 2.43. The van der Waals surface area contributed by atoms with Gasteiger partial charge in [-0.1, -0.05) is 0 Å². The molecule has 1 aliphatic rings. The van der Waals surface area contributed by atoms with Crippen molar-refractivity contribution in [1.82, 2.24) is 9.80 Å². The van der Waals surface area contributed by atoms with Gasteiger partial charge in [0.15, 0.2) is 0 Å². The van der Waals surface area contributed by atoms with Crippen molar-refractivity contribution in [3.05, 3.63) is 0 Å². The van der Waals surface area contributed by atoms with Gasteiger partial charge in [-0.2, -0.15) is 5.26 Å². The van der Waals surface area contributed by atoms with Crippen LogP contribution < -0.4 is 5.73 Å². The van der Waals surface area contributed by atoms with Crippen LogP contribution in [-0.4, -0.2) is 55.1 Å². The summed E-state index contributed by atoms with van der Waals surface area (Å²) in [5.41, 5.74) is 5.52. The summed E-state index contributed by atoms with van der Waals surface area (Å²) in [6.07, 6.45) is 1.14. The summed E-state index contributed by atoms with van der Waals surface area (Å²) in [6, 6.07) is 2.34. The molecular weight excluding hydrogens is 176 g/mol. The van der Waals surface area contributed by atoms with Crippen LogP contribution in [0.5, 0.6) is 0 Å². The van der Waals surface area contributed by atoms with E-state index in [-0.39, 0.29) is 6.04 Å². The maximum Gasteiger partial charge on any atom is 0.0949 e. The molecule has 80 valence electrons. The van der Waals surface area contributed by atoms with E-state index in [4.69, 9.17) is 11.0 Å². The Bertz CT molecular complexity index is 199. The number of nitrogens with two attached hydrogens (primary N) is 1. The van der Waals surface area contributed by atoms with Crippen molar-refractivity contribution in [2.45, 2.75) is 19.4 Å². The highest BCUT2D eigenvalue weighted by Gasteiger charge is 2.17. The third kappa shape index (κ3) is 3.26. The van der Waals surface area contributed by atoms with Gasteiger partial charge in [0.2, 0.25) is 0 Å². The molecule has 2 N–H and O–H groups in total. The fraction of sp³-hybridized carbons (Fsp3) is 0.900. The number of nitrogens with zero attached hydrogens (tertiary/aromatic N) is 3. The maximum atomic E-state index is 8.82. The van der Waals surface area contributed by atoms with Crippen LogP contribution in [0.1, 0.15) is 13.3 Å². The van der Waals surface area contributed by atoms with Crippen LogP contribution in [0.15, 0.2) is 0 Å². The molecule has 0 aromatic carbocycles. The highest BCUT2D eigenvalue weighted by Crippen LogP contribution is 2.05. The summed E-state index contributed by atoms with van der Waals surface area (Å²) >= 11 is 0. The van der Waals surface area contributed by atoms with Gasteiger partial charge in [0.1, 0.15) is 0 Å². The molecule has 0 aliphatic carbocycles. The van der Waals surface area contributed by atoms with Crippen LogP contribution in [0.25, 0.3) is 0 Å². The van der Waals surface area contributed by atoms with Crippen LogP contribution >= 0.6 is 0 Å². The van der Waals surface area contributed by atoms with E-state index in [1.807, 2.05) is 6.92 Å². The van der Waals surface area contributed by atoms with Gasteiger partial charge in [-0.15, -0.1) is 0 Å². The first kappa shape index (κ1) is 11.4. The topological polar surface area (TPSA) is 56.3 Å². The molecule has 4 heteroatoms. The monoisotopic (exact) mass is 196 g/mol. The van der Waals surface area contributed by atoms with Crippen molar-refractivity contribution in [2.24, 2.45) is 5.73 Å². The van der Waals surface area contributed by atoms with E-state index >= 15 is 0 Å². The standard InChI is InChI=1S/C10H20N4/c1-10(9-12)14-5-2-4-13(6-3-11)7-8-14/h10H,2-8,11H2,1H3. The summed E-state index contributed by atoms with van der Waals surface area (Å²) in [7, 11) is 0. The molecule has 0 amide bonds. The minimum atomic E-state index is 0.0489. The molecule has 0 saturated carbocycles. The number of nitriles is 1. The van der Waals surface area contributed by atoms with Gasteiger partial charge >= 0.3 is 0 Å². The van der Waals surface area contributed by atoms with E-state index in [1.54, 1.807) is 0 Å². The van der Waals surface area contributed by atoms with E-state index < -0.39 is 0 Å². The lowest BCUT2D eigenvalue weighted by atomic mass is 10.3. The van der Waals surface area contributed by atoms with E-state index in [0.717, 1.165) is 45.7 Å². The van der Waals surface area contributed by atoms with E-state index in [2.05, 4.69) is 15.9 Å². The molecule has 0 bridgehead atoms. The molecule has 1 rings (SSSR count). The summed E-state index contributed by atoms with van der Waals surface area (Å²) in [5, 5.41) is 8.82. The smallest absolute Gasteiger partial charge is 0.0949 e. The molecule has 0 radical (unpaired) electrons. The molecule has 4 nitrogen and oxygen atoms in total. The third-order valence-electron chi connectivity index (χ3n) is 2.80. The molecule has 14 heavy (non-hydrogen) atoms. The van der Waals surface area contributed by atoms with Crippen LogP contribution in [0.2, 0.25) is 0 Å². The zero-order chi connectivity index (χ0) is 10.4. The summed E-state index contributed by atoms with van der Waals surface area (Å²) < 4.78 is 0. The average molecular weight is 196 g/mol. The van der Waals surface area contributed by atoms with Crippen molar-refractivity contribution >= 4 is 0 Å². The highest BCUT2D eigenvalue weighted by atomic mass is 15.2. The number of rotatable bonds is 3. The van der Waals surface area contributed by atoms with Crippen molar-refractivity contribution < 1.29 is 0 Å². The Balaban J connectivity index is 2.37. The Morgan fingerprint density at radius 3 is 2.79 bits per heavy atom. The lowest BCUT2D eigenvalue weighted by Gasteiger charge is -2.22. The van der Waals surface area contributed by atoms with Gasteiger partial charge in [-0.25, -0.2) is 0 Å². The van der Waals surface area contributed by atoms with Crippen molar-refractivity contribution in [1.29, 1.82) is 5.26 Å². The minimum Gasteiger partial charge on any atom is -0.329 e. The summed E-state index contributed by atoms with van der Waals surface area (Å²) in [6.45, 7) is 7.88. The van der Waals surface area contributed by atoms with Crippen LogP contribution in [0, 0.1) is 11.3 Å². The molecule has 1 aliphatic heterocycles. The first-order valence-corrected chi connectivity index (χ1v) is 5.34. The first-order chi connectivity index (χ1) is 6.77. The fourth-order valence-electron chi connectivity index (χ4n) is 1.87. The zero-order valence-corrected chi connectivity index (χ0v) is 8.95. The van der Waals surface area contributed by atoms with Crippen molar-refractivity contribution in [3.63, 3.8) is 0 Å². The SMILES string of the molecule is CC(C#N)N1CCCN(CCN)CC1. The maximum absolute atomic E-state index is 8.82. The number of hydrogen-bond acceptors (Lipinski definition) is 4. The molecule has 1 unspecified atom stereocenters. The Kier molecular flexibility index (Phi) is 4.88. The Morgan fingerprint density at radius 1 is 1.36 bits per heavy atom. The van der Waals surface area contributed by atoms with Crippen molar-refractivity contribution in [3.8, 4) is 6.07 Å². The largest absolute Gasteiger partial charge is 0.329 e. The van der Waals surface area contributed by atoms with Crippen LogP contribution in [0.4, 0.5) is 0 Å². The lowest BCUT2D eigenvalue weighted by molar-refractivity contribution is 0.241. The second kappa shape index (κ2) is 5.97. The van der Waals surface area contributed by atoms with E-state index in [1.165, 1.54) is 0 Å². The molecule has 1 heterocycles. The normalized spacial score (nSPS) is 22.6. The molecule has 0 aromatic rings. The van der Waals surface area contributed by atoms with Gasteiger partial charge in [-0.05, 0) is 19.9 Å². The van der Waals surface area contributed by atoms with Crippen molar-refractivity contribution in [2.75, 3.05) is 39.3 Å². The molecule has 0 spiro atoms. The highest BCUT2D eigenvalue weighted by molar-refractivity contribution is 4.89. The summed E-state index contributed by atoms with van der Waals surface area (Å²) in [5.74, 6) is 0. The third-order valence-corrected chi connectivity index (χ3v) is 2.80. The predicted octanol–water partition coefficient (Wildman–Crippen LogP) is -0.135. The second-order valence-corrected chi connectivity index (χ2v) is 3.82. The van der Waals surface area contributed by atoms with Gasteiger partial charge < -0.3 is 10.6 Å². The van der Waals surface area contributed by atoms with E-state index in [0.29, 0.717) is 0 Å². The Hall–Kier alpha value is -0.630. The Morgan fingerprint density at radius 2 is 2.14 bits per heavy atom. The van der Waals surface area contributed by atoms with E-state index in [9.17, 15) is 0 Å². The zero-order valence-electron chi connectivity index (χ0n) is 8.95. The fourth-order valence-corrected chi connectivity index (χ4v) is 1.87. The molecular formula is C10H20N4. The quantitative estimate of drug-likeness (QED) is 0.683. The van der Waals surface area contributed by atoms with Gasteiger partial charge in [-0.3, -0.25) is 4.90 Å². The minimum absolute atomic E-state index is 0.0489. The van der Waals surface area contributed by atoms with Gasteiger partial charge in [0.25, 0.3) is 0 Å². The van der Waals surface area contributed by atoms with Crippen LogP contribution in [-0.2, 0) is 0 Å². The van der Waals surface area contributed by atoms with Crippen LogP contribution in [0.3, 0.4) is 0 Å². The molecule has 1 saturated heterocycles. The van der Waals surface area contributed by atoms with Gasteiger partial charge in [0, 0.05) is 32.7 Å². The first-order valence-electron chi connectivity index (χ1n) is 5.34. The predicted molar refractivity (Wildman–Crippen MR) is 56.8 cm³/mol. The number of hydrogen-bond donors (Lipinski definition) is 1. The second-order valence-electron chi connectivity index (χ2n) is 3.82. The summed E-state index contributed by atoms with van der Waals surface area (Å²) in [4.78, 5) is 4.63. The van der Waals surface area contributed by atoms with Gasteiger partial charge in [0.05, 0.1) is 12.1 Å². The molecule has 1 atom stereocenters. The Labute approximate surface area is 86.3 Å². The molecule has 0 aromatic heterocycles. The molecule has 1 fully saturated rings. The lowest BCUT2D eigenvalue weighted by Crippen LogP contribution is -2.37.